The molecule has 1 atom stereocenters. The number of amides is 1. The number of aromatic nitrogens is 2. The molecule has 0 saturated carbocycles. The molecule has 0 aliphatic rings. The Kier molecular flexibility index (Phi) is 5.76. The molecule has 6 nitrogen and oxygen atoms in total. The van der Waals surface area contributed by atoms with Crippen LogP contribution in [0.15, 0.2) is 47.0 Å². The molecule has 1 aromatic heterocycles. The van der Waals surface area contributed by atoms with E-state index in [1.165, 1.54) is 0 Å². The van der Waals surface area contributed by atoms with Crippen molar-refractivity contribution in [2.45, 2.75) is 33.4 Å². The monoisotopic (exact) mass is 385 g/mol. The summed E-state index contributed by atoms with van der Waals surface area (Å²) in [6.45, 7) is 5.72. The van der Waals surface area contributed by atoms with Gasteiger partial charge < -0.3 is 14.6 Å². The van der Waals surface area contributed by atoms with Crippen molar-refractivity contribution in [1.29, 1.82) is 0 Å². The minimum absolute atomic E-state index is 0.108. The van der Waals surface area contributed by atoms with Crippen molar-refractivity contribution >= 4 is 17.5 Å². The largest absolute Gasteiger partial charge is 0.481 e. The quantitative estimate of drug-likeness (QED) is 0.691. The van der Waals surface area contributed by atoms with Gasteiger partial charge >= 0.3 is 0 Å². The number of aryl methyl sites for hydroxylation is 2. The molecule has 2 aromatic carbocycles. The average Bonchev–Trinajstić information content (AvgIpc) is 3.11. The van der Waals surface area contributed by atoms with Gasteiger partial charge in [0.15, 0.2) is 6.10 Å². The number of nitrogens with one attached hydrogen (secondary N) is 1. The van der Waals surface area contributed by atoms with E-state index in [0.29, 0.717) is 22.2 Å². The fraction of sp³-hybridized carbons (Fsp3) is 0.250. The van der Waals surface area contributed by atoms with E-state index in [2.05, 4.69) is 15.5 Å². The van der Waals surface area contributed by atoms with E-state index in [1.54, 1.807) is 19.1 Å². The summed E-state index contributed by atoms with van der Waals surface area (Å²) in [5.74, 6) is 1.09. The molecule has 0 aliphatic carbocycles. The fourth-order valence-electron chi connectivity index (χ4n) is 2.46. The van der Waals surface area contributed by atoms with Gasteiger partial charge in [-0.05, 0) is 50.1 Å². The minimum Gasteiger partial charge on any atom is -0.481 e. The lowest BCUT2D eigenvalue weighted by atomic mass is 10.1. The number of hydrogen-bond acceptors (Lipinski definition) is 5. The maximum atomic E-state index is 12.3. The van der Waals surface area contributed by atoms with Gasteiger partial charge in [-0.2, -0.15) is 4.98 Å². The average molecular weight is 386 g/mol. The summed E-state index contributed by atoms with van der Waals surface area (Å²) in [6, 6.07) is 13.1. The SMILES string of the molecule is Cc1ccc(C)c(OC(C)C(=O)NCc2nc(-c3ccccc3Cl)no2)c1. The summed E-state index contributed by atoms with van der Waals surface area (Å²) in [6.07, 6.45) is -0.656. The molecule has 140 valence electrons. The third-order valence-electron chi connectivity index (χ3n) is 4.01. The van der Waals surface area contributed by atoms with Gasteiger partial charge in [0, 0.05) is 5.56 Å². The number of nitrogens with zero attached hydrogens (tertiary/aromatic N) is 2. The number of ether oxygens (including phenoxy) is 1. The molecule has 0 bridgehead atoms. The van der Waals surface area contributed by atoms with Crippen LogP contribution in [0.5, 0.6) is 5.75 Å². The molecule has 1 N–H and O–H groups in total. The van der Waals surface area contributed by atoms with Gasteiger partial charge in [-0.25, -0.2) is 0 Å². The zero-order valence-electron chi connectivity index (χ0n) is 15.3. The normalized spacial score (nSPS) is 11.9. The molecule has 1 heterocycles. The van der Waals surface area contributed by atoms with E-state index >= 15 is 0 Å². The van der Waals surface area contributed by atoms with Crippen molar-refractivity contribution in [2.24, 2.45) is 0 Å². The maximum absolute atomic E-state index is 12.3. The number of hydrogen-bond donors (Lipinski definition) is 1. The maximum Gasteiger partial charge on any atom is 0.261 e. The topological polar surface area (TPSA) is 77.2 Å². The highest BCUT2D eigenvalue weighted by Crippen LogP contribution is 2.25. The van der Waals surface area contributed by atoms with Crippen LogP contribution in [0, 0.1) is 13.8 Å². The third-order valence-corrected chi connectivity index (χ3v) is 4.34. The molecule has 0 fully saturated rings. The molecular weight excluding hydrogens is 366 g/mol. The molecule has 3 rings (SSSR count). The highest BCUT2D eigenvalue weighted by atomic mass is 35.5. The predicted octanol–water partition coefficient (Wildman–Crippen LogP) is 4.09. The summed E-state index contributed by atoms with van der Waals surface area (Å²) < 4.78 is 11.0. The summed E-state index contributed by atoms with van der Waals surface area (Å²) in [5, 5.41) is 7.18. The Balaban J connectivity index is 1.59. The second-order valence-electron chi connectivity index (χ2n) is 6.24. The van der Waals surface area contributed by atoms with Gasteiger partial charge in [0.1, 0.15) is 5.75 Å². The van der Waals surface area contributed by atoms with Crippen LogP contribution in [-0.2, 0) is 11.3 Å². The number of carbonyl (C=O) groups excluding carboxylic acids is 1. The number of benzene rings is 2. The summed E-state index contributed by atoms with van der Waals surface area (Å²) in [7, 11) is 0. The van der Waals surface area contributed by atoms with Crippen molar-refractivity contribution in [3.05, 3.63) is 64.5 Å². The molecule has 1 amide bonds. The van der Waals surface area contributed by atoms with E-state index in [-0.39, 0.29) is 18.3 Å². The highest BCUT2D eigenvalue weighted by molar-refractivity contribution is 6.33. The van der Waals surface area contributed by atoms with Crippen molar-refractivity contribution < 1.29 is 14.1 Å². The van der Waals surface area contributed by atoms with E-state index in [1.807, 2.05) is 44.2 Å². The first-order valence-electron chi connectivity index (χ1n) is 8.53. The van der Waals surface area contributed by atoms with Crippen LogP contribution >= 0.6 is 11.6 Å². The Bertz CT molecular complexity index is 955. The summed E-state index contributed by atoms with van der Waals surface area (Å²) >= 11 is 6.13. The number of halogens is 1. The molecule has 0 spiro atoms. The lowest BCUT2D eigenvalue weighted by Crippen LogP contribution is -2.36. The van der Waals surface area contributed by atoms with Gasteiger partial charge in [0.25, 0.3) is 5.91 Å². The van der Waals surface area contributed by atoms with Gasteiger partial charge in [-0.15, -0.1) is 0 Å². The Labute approximate surface area is 162 Å². The Morgan fingerprint density at radius 2 is 2.04 bits per heavy atom. The summed E-state index contributed by atoms with van der Waals surface area (Å²) in [4.78, 5) is 16.6. The molecule has 3 aromatic rings. The minimum atomic E-state index is -0.656. The lowest BCUT2D eigenvalue weighted by molar-refractivity contribution is -0.127. The molecule has 0 radical (unpaired) electrons. The Hall–Kier alpha value is -2.86. The smallest absolute Gasteiger partial charge is 0.261 e. The second kappa shape index (κ2) is 8.22. The van der Waals surface area contributed by atoms with Crippen LogP contribution in [0.3, 0.4) is 0 Å². The molecule has 7 heteroatoms. The van der Waals surface area contributed by atoms with Crippen molar-refractivity contribution in [2.75, 3.05) is 0 Å². The van der Waals surface area contributed by atoms with Gasteiger partial charge in [-0.3, -0.25) is 4.79 Å². The van der Waals surface area contributed by atoms with Crippen molar-refractivity contribution in [3.63, 3.8) is 0 Å². The first-order chi connectivity index (χ1) is 12.9. The highest BCUT2D eigenvalue weighted by Gasteiger charge is 2.17. The lowest BCUT2D eigenvalue weighted by Gasteiger charge is -2.16. The standard InChI is InChI=1S/C20H20ClN3O3/c1-12-8-9-13(2)17(10-12)26-14(3)20(25)22-11-18-23-19(24-27-18)15-6-4-5-7-16(15)21/h4-10,14H,11H2,1-3H3,(H,22,25). The number of rotatable bonds is 6. The molecular formula is C20H20ClN3O3. The van der Waals surface area contributed by atoms with Crippen LogP contribution in [0.4, 0.5) is 0 Å². The third kappa shape index (κ3) is 4.65. The molecule has 1 unspecified atom stereocenters. The van der Waals surface area contributed by atoms with Gasteiger partial charge in [-0.1, -0.05) is 41.0 Å². The first kappa shape index (κ1) is 18.9. The Morgan fingerprint density at radius 3 is 2.81 bits per heavy atom. The van der Waals surface area contributed by atoms with Crippen molar-refractivity contribution in [3.8, 4) is 17.1 Å². The second-order valence-corrected chi connectivity index (χ2v) is 6.65. The van der Waals surface area contributed by atoms with Crippen LogP contribution in [0.1, 0.15) is 23.9 Å². The van der Waals surface area contributed by atoms with Gasteiger partial charge in [0.2, 0.25) is 11.7 Å². The summed E-state index contributed by atoms with van der Waals surface area (Å²) in [5.41, 5.74) is 2.72. The predicted molar refractivity (Wildman–Crippen MR) is 103 cm³/mol. The van der Waals surface area contributed by atoms with Crippen LogP contribution in [-0.4, -0.2) is 22.2 Å². The zero-order valence-corrected chi connectivity index (χ0v) is 16.1. The first-order valence-corrected chi connectivity index (χ1v) is 8.91. The van der Waals surface area contributed by atoms with E-state index in [9.17, 15) is 4.79 Å². The van der Waals surface area contributed by atoms with E-state index in [0.717, 1.165) is 11.1 Å². The zero-order chi connectivity index (χ0) is 19.4. The Morgan fingerprint density at radius 1 is 1.26 bits per heavy atom. The van der Waals surface area contributed by atoms with Crippen LogP contribution in [0.2, 0.25) is 5.02 Å². The van der Waals surface area contributed by atoms with Crippen LogP contribution in [0.25, 0.3) is 11.4 Å². The van der Waals surface area contributed by atoms with E-state index in [4.69, 9.17) is 20.9 Å². The number of carbonyl (C=O) groups is 1. The van der Waals surface area contributed by atoms with Gasteiger partial charge in [0.05, 0.1) is 11.6 Å². The molecule has 0 aliphatic heterocycles. The molecule has 27 heavy (non-hydrogen) atoms. The fourth-order valence-corrected chi connectivity index (χ4v) is 2.68. The molecule has 0 saturated heterocycles. The van der Waals surface area contributed by atoms with Crippen molar-refractivity contribution in [1.82, 2.24) is 15.5 Å². The van der Waals surface area contributed by atoms with E-state index < -0.39 is 6.10 Å². The van der Waals surface area contributed by atoms with Crippen LogP contribution < -0.4 is 10.1 Å².